The zero-order valence-electron chi connectivity index (χ0n) is 16.1. The van der Waals surface area contributed by atoms with Crippen molar-refractivity contribution in [2.75, 3.05) is 32.6 Å². The number of halogens is 3. The highest BCUT2D eigenvalue weighted by atomic mass is 19.2. The Balaban J connectivity index is 2.62. The van der Waals surface area contributed by atoms with Crippen molar-refractivity contribution >= 4 is 23.5 Å². The van der Waals surface area contributed by atoms with E-state index < -0.39 is 47.0 Å². The van der Waals surface area contributed by atoms with Crippen molar-refractivity contribution in [3.05, 3.63) is 29.6 Å². The lowest BCUT2D eigenvalue weighted by molar-refractivity contribution is -0.146. The van der Waals surface area contributed by atoms with Gasteiger partial charge >= 0.3 is 5.97 Å². The van der Waals surface area contributed by atoms with Crippen LogP contribution in [0.2, 0.25) is 0 Å². The summed E-state index contributed by atoms with van der Waals surface area (Å²) in [7, 11) is 2.68. The van der Waals surface area contributed by atoms with Crippen molar-refractivity contribution in [1.29, 1.82) is 0 Å². The molecule has 10 heteroatoms. The van der Waals surface area contributed by atoms with Crippen molar-refractivity contribution in [1.82, 2.24) is 10.2 Å². The molecule has 0 fully saturated rings. The SMILES string of the molecule is CC[C@H](C)[C@@H](NC(=O)CN(C)CC(=O)Nc1ccc(F)c(F)c1F)C(=O)OC. The monoisotopic (exact) mass is 403 g/mol. The van der Waals surface area contributed by atoms with Gasteiger partial charge in [-0.05, 0) is 25.1 Å². The molecule has 1 rings (SSSR count). The van der Waals surface area contributed by atoms with Crippen LogP contribution in [0, 0.1) is 23.4 Å². The second-order valence-corrected chi connectivity index (χ2v) is 6.40. The number of rotatable bonds is 9. The summed E-state index contributed by atoms with van der Waals surface area (Å²) < 4.78 is 44.3. The molecule has 1 aromatic rings. The maximum atomic E-state index is 13.6. The van der Waals surface area contributed by atoms with Crippen LogP contribution in [0.25, 0.3) is 0 Å². The van der Waals surface area contributed by atoms with Gasteiger partial charge in [-0.2, -0.15) is 0 Å². The van der Waals surface area contributed by atoms with Crippen LogP contribution in [0.3, 0.4) is 0 Å². The van der Waals surface area contributed by atoms with Crippen molar-refractivity contribution < 1.29 is 32.3 Å². The predicted molar refractivity (Wildman–Crippen MR) is 95.8 cm³/mol. The standard InChI is InChI=1S/C18H24F3N3O4/c1-5-10(2)17(18(27)28-4)23-14(26)9-24(3)8-13(25)22-12-7-6-11(19)15(20)16(12)21/h6-7,10,17H,5,8-9H2,1-4H3,(H,22,25)(H,23,26)/t10-,17+/m0/s1. The summed E-state index contributed by atoms with van der Waals surface area (Å²) in [5, 5.41) is 4.67. The average molecular weight is 403 g/mol. The molecule has 0 aliphatic heterocycles. The van der Waals surface area contributed by atoms with E-state index in [4.69, 9.17) is 0 Å². The molecule has 2 amide bonds. The largest absolute Gasteiger partial charge is 0.467 e. The molecular weight excluding hydrogens is 379 g/mol. The lowest BCUT2D eigenvalue weighted by atomic mass is 9.99. The highest BCUT2D eigenvalue weighted by Crippen LogP contribution is 2.19. The van der Waals surface area contributed by atoms with Crippen LogP contribution >= 0.6 is 0 Å². The second kappa shape index (κ2) is 10.6. The summed E-state index contributed by atoms with van der Waals surface area (Å²) in [6.45, 7) is 3.10. The third-order valence-electron chi connectivity index (χ3n) is 4.12. The Labute approximate surface area is 161 Å². The molecule has 28 heavy (non-hydrogen) atoms. The van der Waals surface area contributed by atoms with Gasteiger partial charge in [0.15, 0.2) is 17.5 Å². The van der Waals surface area contributed by atoms with Crippen molar-refractivity contribution in [3.63, 3.8) is 0 Å². The van der Waals surface area contributed by atoms with E-state index in [9.17, 15) is 27.6 Å². The van der Waals surface area contributed by atoms with Gasteiger partial charge in [0.2, 0.25) is 11.8 Å². The van der Waals surface area contributed by atoms with E-state index in [1.807, 2.05) is 6.92 Å². The Kier molecular flexibility index (Phi) is 8.90. The minimum Gasteiger partial charge on any atom is -0.467 e. The van der Waals surface area contributed by atoms with Gasteiger partial charge in [0.05, 0.1) is 25.9 Å². The number of carbonyl (C=O) groups is 3. The topological polar surface area (TPSA) is 87.7 Å². The summed E-state index contributed by atoms with van der Waals surface area (Å²) in [5.41, 5.74) is -0.510. The Hall–Kier alpha value is -2.62. The van der Waals surface area contributed by atoms with E-state index in [2.05, 4.69) is 15.4 Å². The van der Waals surface area contributed by atoms with Crippen molar-refractivity contribution in [2.45, 2.75) is 26.3 Å². The summed E-state index contributed by atoms with van der Waals surface area (Å²) in [6.07, 6.45) is 0.637. The number of methoxy groups -OCH3 is 1. The van der Waals surface area contributed by atoms with E-state index >= 15 is 0 Å². The Morgan fingerprint density at radius 2 is 1.71 bits per heavy atom. The summed E-state index contributed by atoms with van der Waals surface area (Å²) in [6, 6.07) is 0.763. The Bertz CT molecular complexity index is 730. The number of ether oxygens (including phenoxy) is 1. The quantitative estimate of drug-likeness (QED) is 0.484. The number of likely N-dealkylation sites (N-methyl/N-ethyl adjacent to an activating group) is 1. The number of carbonyl (C=O) groups excluding carboxylic acids is 3. The summed E-state index contributed by atoms with van der Waals surface area (Å²) >= 11 is 0. The Morgan fingerprint density at radius 3 is 2.29 bits per heavy atom. The minimum atomic E-state index is -1.69. The fraction of sp³-hybridized carbons (Fsp3) is 0.500. The number of benzene rings is 1. The van der Waals surface area contributed by atoms with E-state index in [0.29, 0.717) is 12.5 Å². The number of amides is 2. The predicted octanol–water partition coefficient (Wildman–Crippen LogP) is 1.68. The zero-order valence-corrected chi connectivity index (χ0v) is 16.1. The summed E-state index contributed by atoms with van der Waals surface area (Å²) in [5.74, 6) is -6.53. The highest BCUT2D eigenvalue weighted by molar-refractivity contribution is 5.93. The van der Waals surface area contributed by atoms with Gasteiger partial charge in [0.1, 0.15) is 6.04 Å². The van der Waals surface area contributed by atoms with Crippen molar-refractivity contribution in [3.8, 4) is 0 Å². The molecule has 2 N–H and O–H groups in total. The van der Waals surface area contributed by atoms with Crippen LogP contribution in [0.5, 0.6) is 0 Å². The average Bonchev–Trinajstić information content (AvgIpc) is 2.65. The molecule has 0 aliphatic carbocycles. The summed E-state index contributed by atoms with van der Waals surface area (Å²) in [4.78, 5) is 37.2. The first-order chi connectivity index (χ1) is 13.1. The van der Waals surface area contributed by atoms with Crippen LogP contribution in [-0.4, -0.2) is 56.0 Å². The number of nitrogens with zero attached hydrogens (tertiary/aromatic N) is 1. The van der Waals surface area contributed by atoms with Crippen molar-refractivity contribution in [2.24, 2.45) is 5.92 Å². The fourth-order valence-electron chi connectivity index (χ4n) is 2.37. The van der Waals surface area contributed by atoms with Crippen LogP contribution in [0.1, 0.15) is 20.3 Å². The fourth-order valence-corrected chi connectivity index (χ4v) is 2.37. The number of anilines is 1. The highest BCUT2D eigenvalue weighted by Gasteiger charge is 2.27. The molecule has 0 bridgehead atoms. The molecule has 7 nitrogen and oxygen atoms in total. The molecule has 0 radical (unpaired) electrons. The molecule has 0 spiro atoms. The molecule has 0 aliphatic rings. The number of hydrogen-bond donors (Lipinski definition) is 2. The molecule has 2 atom stereocenters. The normalized spacial score (nSPS) is 13.0. The maximum Gasteiger partial charge on any atom is 0.328 e. The van der Waals surface area contributed by atoms with Gasteiger partial charge in [-0.15, -0.1) is 0 Å². The lowest BCUT2D eigenvalue weighted by Crippen LogP contribution is -2.49. The first-order valence-corrected chi connectivity index (χ1v) is 8.59. The van der Waals surface area contributed by atoms with Gasteiger partial charge in [-0.25, -0.2) is 18.0 Å². The first-order valence-electron chi connectivity index (χ1n) is 8.59. The third kappa shape index (κ3) is 6.52. The zero-order chi connectivity index (χ0) is 21.4. The van der Waals surface area contributed by atoms with Crippen LogP contribution < -0.4 is 10.6 Å². The molecule has 0 unspecified atom stereocenters. The second-order valence-electron chi connectivity index (χ2n) is 6.40. The van der Waals surface area contributed by atoms with Gasteiger partial charge in [-0.1, -0.05) is 20.3 Å². The molecule has 0 aromatic heterocycles. The van der Waals surface area contributed by atoms with E-state index in [0.717, 1.165) is 6.07 Å². The van der Waals surface area contributed by atoms with E-state index in [1.54, 1.807) is 6.92 Å². The molecule has 1 aromatic carbocycles. The molecule has 0 heterocycles. The van der Waals surface area contributed by atoms with Crippen LogP contribution in [-0.2, 0) is 19.1 Å². The van der Waals surface area contributed by atoms with Crippen LogP contribution in [0.4, 0.5) is 18.9 Å². The molecule has 156 valence electrons. The minimum absolute atomic E-state index is 0.152. The number of nitrogens with one attached hydrogen (secondary N) is 2. The van der Waals surface area contributed by atoms with E-state index in [-0.39, 0.29) is 19.0 Å². The smallest absolute Gasteiger partial charge is 0.328 e. The third-order valence-corrected chi connectivity index (χ3v) is 4.12. The molecule has 0 saturated carbocycles. The number of esters is 1. The van der Waals surface area contributed by atoms with Gasteiger partial charge in [0, 0.05) is 0 Å². The Morgan fingerprint density at radius 1 is 1.11 bits per heavy atom. The molecular formula is C18H24F3N3O4. The van der Waals surface area contributed by atoms with E-state index in [1.165, 1.54) is 19.1 Å². The maximum absolute atomic E-state index is 13.6. The number of hydrogen-bond acceptors (Lipinski definition) is 5. The molecule has 0 saturated heterocycles. The van der Waals surface area contributed by atoms with Crippen LogP contribution in [0.15, 0.2) is 12.1 Å². The van der Waals surface area contributed by atoms with Gasteiger partial charge in [0.25, 0.3) is 0 Å². The first kappa shape index (κ1) is 23.4. The van der Waals surface area contributed by atoms with Gasteiger partial charge in [-0.3, -0.25) is 14.5 Å². The lowest BCUT2D eigenvalue weighted by Gasteiger charge is -2.23. The van der Waals surface area contributed by atoms with Gasteiger partial charge < -0.3 is 15.4 Å².